The van der Waals surface area contributed by atoms with Crippen molar-refractivity contribution in [1.29, 1.82) is 5.26 Å². The molecule has 5 heteroatoms. The number of pyridine rings is 1. The standard InChI is InChI=1S/C23H29N5/c1-18(16-27-11-7-20-4-2-3-5-21(20)17-27)26-22-8-12-28(13-9-22)23-14-19(15-24)6-10-25-23/h2-6,10,14,18,22,26H,7-9,11-13,16-17H2,1H3/t18-/m1/s1. The molecule has 1 N–H and O–H groups in total. The van der Waals surface area contributed by atoms with Crippen molar-refractivity contribution in [2.24, 2.45) is 0 Å². The summed E-state index contributed by atoms with van der Waals surface area (Å²) in [6, 6.07) is 15.7. The van der Waals surface area contributed by atoms with Gasteiger partial charge in [0.2, 0.25) is 0 Å². The monoisotopic (exact) mass is 375 g/mol. The lowest BCUT2D eigenvalue weighted by Gasteiger charge is -2.36. The van der Waals surface area contributed by atoms with E-state index < -0.39 is 0 Å². The fourth-order valence-electron chi connectivity index (χ4n) is 4.49. The van der Waals surface area contributed by atoms with Crippen molar-refractivity contribution in [2.45, 2.75) is 44.8 Å². The first-order valence-corrected chi connectivity index (χ1v) is 10.4. The molecule has 1 saturated heterocycles. The average molecular weight is 376 g/mol. The van der Waals surface area contributed by atoms with Gasteiger partial charge < -0.3 is 10.2 Å². The molecule has 2 aromatic rings. The fraction of sp³-hybridized carbons (Fsp3) is 0.478. The molecule has 146 valence electrons. The first-order valence-electron chi connectivity index (χ1n) is 10.4. The lowest BCUT2D eigenvalue weighted by Crippen LogP contribution is -2.49. The zero-order chi connectivity index (χ0) is 19.3. The van der Waals surface area contributed by atoms with Crippen LogP contribution in [-0.2, 0) is 13.0 Å². The predicted molar refractivity (Wildman–Crippen MR) is 112 cm³/mol. The Balaban J connectivity index is 1.24. The topological polar surface area (TPSA) is 55.2 Å². The Labute approximate surface area is 168 Å². The number of hydrogen-bond acceptors (Lipinski definition) is 5. The minimum absolute atomic E-state index is 0.488. The molecule has 28 heavy (non-hydrogen) atoms. The van der Waals surface area contributed by atoms with E-state index in [9.17, 15) is 0 Å². The molecule has 0 spiro atoms. The molecule has 0 radical (unpaired) electrons. The van der Waals surface area contributed by atoms with Crippen molar-refractivity contribution < 1.29 is 0 Å². The van der Waals surface area contributed by atoms with Gasteiger partial charge in [-0.1, -0.05) is 24.3 Å². The van der Waals surface area contributed by atoms with Crippen molar-refractivity contribution in [3.8, 4) is 6.07 Å². The first-order chi connectivity index (χ1) is 13.7. The highest BCUT2D eigenvalue weighted by molar-refractivity contribution is 5.45. The molecule has 1 fully saturated rings. The van der Waals surface area contributed by atoms with Gasteiger partial charge in [-0.15, -0.1) is 0 Å². The molecule has 1 aromatic carbocycles. The number of piperidine rings is 1. The third-order valence-electron chi connectivity index (χ3n) is 5.96. The van der Waals surface area contributed by atoms with Crippen LogP contribution in [0.2, 0.25) is 0 Å². The Morgan fingerprint density at radius 2 is 1.96 bits per heavy atom. The molecule has 5 nitrogen and oxygen atoms in total. The summed E-state index contributed by atoms with van der Waals surface area (Å²) in [5.41, 5.74) is 3.68. The first kappa shape index (κ1) is 18.9. The largest absolute Gasteiger partial charge is 0.356 e. The zero-order valence-electron chi connectivity index (χ0n) is 16.6. The number of hydrogen-bond donors (Lipinski definition) is 1. The number of nitriles is 1. The van der Waals surface area contributed by atoms with Crippen LogP contribution in [0.15, 0.2) is 42.6 Å². The number of benzene rings is 1. The maximum Gasteiger partial charge on any atom is 0.129 e. The average Bonchev–Trinajstić information content (AvgIpc) is 2.74. The summed E-state index contributed by atoms with van der Waals surface area (Å²) in [6.45, 7) is 7.61. The van der Waals surface area contributed by atoms with Crippen molar-refractivity contribution in [2.75, 3.05) is 31.1 Å². The van der Waals surface area contributed by atoms with E-state index in [1.807, 2.05) is 6.07 Å². The van der Waals surface area contributed by atoms with E-state index in [0.29, 0.717) is 17.6 Å². The van der Waals surface area contributed by atoms with Gasteiger partial charge in [-0.2, -0.15) is 5.26 Å². The maximum atomic E-state index is 9.08. The van der Waals surface area contributed by atoms with Crippen LogP contribution in [0.1, 0.15) is 36.5 Å². The second kappa shape index (κ2) is 8.72. The van der Waals surface area contributed by atoms with Gasteiger partial charge in [0.15, 0.2) is 0 Å². The predicted octanol–water partition coefficient (Wildman–Crippen LogP) is 2.96. The summed E-state index contributed by atoms with van der Waals surface area (Å²) in [6.07, 6.45) is 5.13. The fourth-order valence-corrected chi connectivity index (χ4v) is 4.49. The van der Waals surface area contributed by atoms with Crippen LogP contribution in [0.5, 0.6) is 0 Å². The lowest BCUT2D eigenvalue weighted by atomic mass is 9.99. The highest BCUT2D eigenvalue weighted by atomic mass is 15.2. The Bertz CT molecular complexity index is 835. The Kier molecular flexibility index (Phi) is 5.90. The molecule has 2 aliphatic rings. The molecule has 0 bridgehead atoms. The Morgan fingerprint density at radius 3 is 2.75 bits per heavy atom. The van der Waals surface area contributed by atoms with Crippen LogP contribution < -0.4 is 10.2 Å². The zero-order valence-corrected chi connectivity index (χ0v) is 16.6. The SMILES string of the molecule is C[C@H](CN1CCc2ccccc2C1)NC1CCN(c2cc(C#N)ccn2)CC1. The normalized spacial score (nSPS) is 19.1. The molecule has 0 unspecified atom stereocenters. The van der Waals surface area contributed by atoms with Crippen LogP contribution in [0.4, 0.5) is 5.82 Å². The number of fused-ring (bicyclic) bond motifs is 1. The molecule has 4 rings (SSSR count). The summed E-state index contributed by atoms with van der Waals surface area (Å²) >= 11 is 0. The Morgan fingerprint density at radius 1 is 1.18 bits per heavy atom. The summed E-state index contributed by atoms with van der Waals surface area (Å²) < 4.78 is 0. The van der Waals surface area contributed by atoms with Crippen molar-refractivity contribution >= 4 is 5.82 Å². The van der Waals surface area contributed by atoms with E-state index in [2.05, 4.69) is 57.4 Å². The van der Waals surface area contributed by atoms with Crippen LogP contribution >= 0.6 is 0 Å². The molecule has 1 atom stereocenters. The van der Waals surface area contributed by atoms with Gasteiger partial charge in [-0.05, 0) is 49.4 Å². The molecule has 0 amide bonds. The summed E-state index contributed by atoms with van der Waals surface area (Å²) in [4.78, 5) is 9.31. The van der Waals surface area contributed by atoms with Gasteiger partial charge in [0, 0.05) is 51.0 Å². The molecule has 1 aromatic heterocycles. The molecule has 0 aliphatic carbocycles. The number of nitrogens with one attached hydrogen (secondary N) is 1. The highest BCUT2D eigenvalue weighted by Crippen LogP contribution is 2.20. The van der Waals surface area contributed by atoms with Gasteiger partial charge in [0.1, 0.15) is 5.82 Å². The van der Waals surface area contributed by atoms with Gasteiger partial charge in [0.25, 0.3) is 0 Å². The van der Waals surface area contributed by atoms with Crippen molar-refractivity contribution in [1.82, 2.24) is 15.2 Å². The van der Waals surface area contributed by atoms with E-state index in [0.717, 1.165) is 57.8 Å². The molecule has 0 saturated carbocycles. The number of anilines is 1. The number of aromatic nitrogens is 1. The van der Waals surface area contributed by atoms with Crippen molar-refractivity contribution in [3.63, 3.8) is 0 Å². The van der Waals surface area contributed by atoms with E-state index in [1.54, 1.807) is 12.3 Å². The van der Waals surface area contributed by atoms with E-state index >= 15 is 0 Å². The summed E-state index contributed by atoms with van der Waals surface area (Å²) in [5.74, 6) is 0.928. The van der Waals surface area contributed by atoms with Gasteiger partial charge in [-0.3, -0.25) is 4.90 Å². The smallest absolute Gasteiger partial charge is 0.129 e. The Hall–Kier alpha value is -2.42. The van der Waals surface area contributed by atoms with Crippen LogP contribution in [0, 0.1) is 11.3 Å². The molecule has 2 aliphatic heterocycles. The van der Waals surface area contributed by atoms with E-state index in [1.165, 1.54) is 11.1 Å². The second-order valence-corrected chi connectivity index (χ2v) is 8.10. The molecular formula is C23H29N5. The summed E-state index contributed by atoms with van der Waals surface area (Å²) in [7, 11) is 0. The third kappa shape index (κ3) is 4.52. The van der Waals surface area contributed by atoms with Gasteiger partial charge >= 0.3 is 0 Å². The number of nitrogens with zero attached hydrogens (tertiary/aromatic N) is 4. The molecule has 3 heterocycles. The van der Waals surface area contributed by atoms with E-state index in [-0.39, 0.29) is 0 Å². The lowest BCUT2D eigenvalue weighted by molar-refractivity contribution is 0.218. The van der Waals surface area contributed by atoms with Crippen LogP contribution in [0.3, 0.4) is 0 Å². The van der Waals surface area contributed by atoms with Gasteiger partial charge in [-0.25, -0.2) is 4.98 Å². The van der Waals surface area contributed by atoms with Crippen molar-refractivity contribution in [3.05, 3.63) is 59.3 Å². The minimum atomic E-state index is 0.488. The molecular weight excluding hydrogens is 346 g/mol. The van der Waals surface area contributed by atoms with Crippen LogP contribution in [0.25, 0.3) is 0 Å². The van der Waals surface area contributed by atoms with Gasteiger partial charge in [0.05, 0.1) is 11.6 Å². The third-order valence-corrected chi connectivity index (χ3v) is 5.96. The highest BCUT2D eigenvalue weighted by Gasteiger charge is 2.23. The minimum Gasteiger partial charge on any atom is -0.356 e. The summed E-state index contributed by atoms with van der Waals surface area (Å²) in [5, 5.41) is 12.9. The maximum absolute atomic E-state index is 9.08. The second-order valence-electron chi connectivity index (χ2n) is 8.10. The quantitative estimate of drug-likeness (QED) is 0.871. The van der Waals surface area contributed by atoms with Crippen LogP contribution in [-0.4, -0.2) is 48.1 Å². The number of rotatable bonds is 5. The van der Waals surface area contributed by atoms with E-state index in [4.69, 9.17) is 5.26 Å².